The number of ether oxygens (including phenoxy) is 2. The van der Waals surface area contributed by atoms with Crippen LogP contribution in [0.3, 0.4) is 0 Å². The minimum atomic E-state index is -0.110. The molecule has 2 aromatic carbocycles. The molecule has 0 aromatic heterocycles. The van der Waals surface area contributed by atoms with Crippen molar-refractivity contribution in [1.82, 2.24) is 0 Å². The number of hydrogen-bond donors (Lipinski definition) is 1. The number of aliphatic hydroxyl groups is 1. The molecule has 3 nitrogen and oxygen atoms in total. The van der Waals surface area contributed by atoms with Gasteiger partial charge in [0.2, 0.25) is 0 Å². The van der Waals surface area contributed by atoms with E-state index in [9.17, 15) is 5.11 Å². The van der Waals surface area contributed by atoms with Crippen LogP contribution >= 0.6 is 11.6 Å². The van der Waals surface area contributed by atoms with E-state index >= 15 is 0 Å². The highest BCUT2D eigenvalue weighted by Crippen LogP contribution is 2.34. The van der Waals surface area contributed by atoms with Crippen LogP contribution in [0, 0.1) is 6.92 Å². The van der Waals surface area contributed by atoms with Gasteiger partial charge in [0.1, 0.15) is 5.75 Å². The van der Waals surface area contributed by atoms with Gasteiger partial charge >= 0.3 is 0 Å². The maximum Gasteiger partial charge on any atom is 0.169 e. The van der Waals surface area contributed by atoms with Crippen molar-refractivity contribution in [3.8, 4) is 17.2 Å². The first-order valence-electron chi connectivity index (χ1n) is 5.86. The van der Waals surface area contributed by atoms with E-state index in [1.54, 1.807) is 25.3 Å². The fourth-order valence-corrected chi connectivity index (χ4v) is 1.89. The topological polar surface area (TPSA) is 38.7 Å². The third kappa shape index (κ3) is 3.19. The molecule has 2 rings (SSSR count). The van der Waals surface area contributed by atoms with Crippen LogP contribution in [0.25, 0.3) is 0 Å². The van der Waals surface area contributed by atoms with Gasteiger partial charge in [-0.25, -0.2) is 0 Å². The van der Waals surface area contributed by atoms with Crippen molar-refractivity contribution in [2.45, 2.75) is 13.5 Å². The van der Waals surface area contributed by atoms with Gasteiger partial charge in [0.05, 0.1) is 13.7 Å². The third-order valence-electron chi connectivity index (χ3n) is 2.74. The highest BCUT2D eigenvalue weighted by molar-refractivity contribution is 6.30. The summed E-state index contributed by atoms with van der Waals surface area (Å²) in [6.07, 6.45) is 0. The molecule has 0 spiro atoms. The summed E-state index contributed by atoms with van der Waals surface area (Å²) in [4.78, 5) is 0. The molecule has 0 radical (unpaired) electrons. The molecular formula is C15H15ClO3. The highest BCUT2D eigenvalue weighted by atomic mass is 35.5. The molecule has 0 atom stereocenters. The van der Waals surface area contributed by atoms with E-state index in [1.165, 1.54) is 0 Å². The molecule has 0 aliphatic heterocycles. The van der Waals surface area contributed by atoms with Crippen molar-refractivity contribution in [1.29, 1.82) is 0 Å². The van der Waals surface area contributed by atoms with Gasteiger partial charge in [0, 0.05) is 10.6 Å². The molecule has 1 N–H and O–H groups in total. The number of benzene rings is 2. The maximum atomic E-state index is 9.30. The lowest BCUT2D eigenvalue weighted by molar-refractivity contribution is 0.275. The molecule has 0 amide bonds. The summed E-state index contributed by atoms with van der Waals surface area (Å²) in [5, 5.41) is 9.86. The Morgan fingerprint density at radius 3 is 2.53 bits per heavy atom. The van der Waals surface area contributed by atoms with Crippen molar-refractivity contribution < 1.29 is 14.6 Å². The van der Waals surface area contributed by atoms with Gasteiger partial charge in [-0.1, -0.05) is 23.7 Å². The summed E-state index contributed by atoms with van der Waals surface area (Å²) in [5.74, 6) is 1.76. The second-order valence-electron chi connectivity index (χ2n) is 4.17. The minimum absolute atomic E-state index is 0.110. The number of rotatable bonds is 4. The van der Waals surface area contributed by atoms with Crippen LogP contribution in [0.2, 0.25) is 5.02 Å². The van der Waals surface area contributed by atoms with Crippen molar-refractivity contribution in [2.24, 2.45) is 0 Å². The summed E-state index contributed by atoms with van der Waals surface area (Å²) >= 11 is 5.95. The van der Waals surface area contributed by atoms with Gasteiger partial charge in [-0.15, -0.1) is 0 Å². The van der Waals surface area contributed by atoms with Crippen molar-refractivity contribution >= 4 is 11.6 Å². The lowest BCUT2D eigenvalue weighted by atomic mass is 10.2. The van der Waals surface area contributed by atoms with Crippen molar-refractivity contribution in [2.75, 3.05) is 7.11 Å². The van der Waals surface area contributed by atoms with Crippen LogP contribution in [0.5, 0.6) is 17.2 Å². The molecule has 0 aliphatic rings. The lowest BCUT2D eigenvalue weighted by Gasteiger charge is -2.13. The third-order valence-corrected chi connectivity index (χ3v) is 2.97. The quantitative estimate of drug-likeness (QED) is 0.920. The molecule has 100 valence electrons. The number of methoxy groups -OCH3 is 1. The Hall–Kier alpha value is -1.71. The van der Waals surface area contributed by atoms with E-state index in [4.69, 9.17) is 21.1 Å². The molecule has 4 heteroatoms. The molecule has 0 saturated carbocycles. The summed E-state index contributed by atoms with van der Waals surface area (Å²) in [5.41, 5.74) is 1.75. The van der Waals surface area contributed by atoms with Crippen molar-refractivity contribution in [3.05, 3.63) is 52.5 Å². The van der Waals surface area contributed by atoms with Gasteiger partial charge in [0.25, 0.3) is 0 Å². The van der Waals surface area contributed by atoms with E-state index in [1.807, 2.05) is 25.1 Å². The van der Waals surface area contributed by atoms with E-state index in [0.717, 1.165) is 5.56 Å². The summed E-state index contributed by atoms with van der Waals surface area (Å²) < 4.78 is 11.1. The first-order chi connectivity index (χ1) is 9.13. The van der Waals surface area contributed by atoms with E-state index < -0.39 is 0 Å². The van der Waals surface area contributed by atoms with Gasteiger partial charge < -0.3 is 14.6 Å². The van der Waals surface area contributed by atoms with Crippen LogP contribution in [-0.4, -0.2) is 12.2 Å². The Balaban J connectivity index is 2.38. The number of halogens is 1. The molecule has 0 fully saturated rings. The maximum absolute atomic E-state index is 9.30. The van der Waals surface area contributed by atoms with Gasteiger partial charge in [-0.05, 0) is 36.8 Å². The lowest BCUT2D eigenvalue weighted by Crippen LogP contribution is -1.94. The first kappa shape index (κ1) is 13.7. The number of aliphatic hydroxyl groups excluding tert-OH is 1. The van der Waals surface area contributed by atoms with E-state index in [0.29, 0.717) is 27.8 Å². The molecule has 0 aliphatic carbocycles. The van der Waals surface area contributed by atoms with Crippen LogP contribution < -0.4 is 9.47 Å². The van der Waals surface area contributed by atoms with E-state index in [2.05, 4.69) is 0 Å². The van der Waals surface area contributed by atoms with Gasteiger partial charge in [-0.2, -0.15) is 0 Å². The number of aryl methyl sites for hydroxylation is 1. The molecule has 19 heavy (non-hydrogen) atoms. The largest absolute Gasteiger partial charge is 0.493 e. The Bertz CT molecular complexity index is 582. The van der Waals surface area contributed by atoms with Crippen LogP contribution in [-0.2, 0) is 6.61 Å². The Kier molecular flexibility index (Phi) is 4.30. The zero-order valence-corrected chi connectivity index (χ0v) is 11.6. The number of hydrogen-bond acceptors (Lipinski definition) is 3. The average molecular weight is 279 g/mol. The Labute approximate surface area is 117 Å². The average Bonchev–Trinajstić information content (AvgIpc) is 2.41. The molecule has 2 aromatic rings. The van der Waals surface area contributed by atoms with Crippen LogP contribution in [0.1, 0.15) is 11.1 Å². The summed E-state index contributed by atoms with van der Waals surface area (Å²) in [6, 6.07) is 10.8. The normalized spacial score (nSPS) is 10.3. The Morgan fingerprint density at radius 1 is 1.05 bits per heavy atom. The SMILES string of the molecule is COc1cc(C)ccc1Oc1cc(Cl)ccc1CO. The van der Waals surface area contributed by atoms with Crippen LogP contribution in [0.15, 0.2) is 36.4 Å². The fourth-order valence-electron chi connectivity index (χ4n) is 1.73. The molecule has 0 unspecified atom stereocenters. The highest BCUT2D eigenvalue weighted by Gasteiger charge is 2.09. The predicted molar refractivity (Wildman–Crippen MR) is 75.2 cm³/mol. The summed E-state index contributed by atoms with van der Waals surface area (Å²) in [6.45, 7) is 1.87. The predicted octanol–water partition coefficient (Wildman–Crippen LogP) is 3.94. The fraction of sp³-hybridized carbons (Fsp3) is 0.200. The molecular weight excluding hydrogens is 264 g/mol. The zero-order chi connectivity index (χ0) is 13.8. The zero-order valence-electron chi connectivity index (χ0n) is 10.8. The second kappa shape index (κ2) is 5.95. The second-order valence-corrected chi connectivity index (χ2v) is 4.60. The van der Waals surface area contributed by atoms with Crippen LogP contribution in [0.4, 0.5) is 0 Å². The molecule has 0 bridgehead atoms. The van der Waals surface area contributed by atoms with Gasteiger partial charge in [0.15, 0.2) is 11.5 Å². The summed E-state index contributed by atoms with van der Waals surface area (Å²) in [7, 11) is 1.59. The smallest absolute Gasteiger partial charge is 0.169 e. The van der Waals surface area contributed by atoms with Gasteiger partial charge in [-0.3, -0.25) is 0 Å². The monoisotopic (exact) mass is 278 g/mol. The minimum Gasteiger partial charge on any atom is -0.493 e. The van der Waals surface area contributed by atoms with E-state index in [-0.39, 0.29) is 6.61 Å². The standard InChI is InChI=1S/C15H15ClO3/c1-10-3-6-13(15(7-10)18-2)19-14-8-12(16)5-4-11(14)9-17/h3-8,17H,9H2,1-2H3. The molecule has 0 heterocycles. The Morgan fingerprint density at radius 2 is 1.84 bits per heavy atom. The first-order valence-corrected chi connectivity index (χ1v) is 6.23. The molecule has 0 saturated heterocycles. The van der Waals surface area contributed by atoms with Crippen molar-refractivity contribution in [3.63, 3.8) is 0 Å².